The Morgan fingerprint density at radius 3 is 2.72 bits per heavy atom. The quantitative estimate of drug-likeness (QED) is 0.797. The van der Waals surface area contributed by atoms with Crippen molar-refractivity contribution >= 4 is 28.9 Å². The lowest BCUT2D eigenvalue weighted by molar-refractivity contribution is 0.102. The third-order valence-electron chi connectivity index (χ3n) is 5.03. The first-order chi connectivity index (χ1) is 12.0. The molecule has 1 saturated carbocycles. The SMILES string of the molecule is Cc1ccc(-n2ncc(NCC3(CCO)CCC3)c(Cl)c2=O)cc1Cl. The maximum absolute atomic E-state index is 12.6. The van der Waals surface area contributed by atoms with Crippen molar-refractivity contribution in [3.05, 3.63) is 50.4 Å². The normalized spacial score (nSPS) is 15.7. The molecule has 0 spiro atoms. The highest BCUT2D eigenvalue weighted by Gasteiger charge is 2.36. The Hall–Kier alpha value is -1.56. The zero-order valence-electron chi connectivity index (χ0n) is 14.1. The van der Waals surface area contributed by atoms with Gasteiger partial charge < -0.3 is 10.4 Å². The minimum atomic E-state index is -0.392. The summed E-state index contributed by atoms with van der Waals surface area (Å²) in [6.45, 7) is 2.74. The fourth-order valence-corrected chi connectivity index (χ4v) is 3.54. The Balaban J connectivity index is 1.83. The van der Waals surface area contributed by atoms with Gasteiger partial charge in [0.2, 0.25) is 0 Å². The molecule has 1 aliphatic rings. The van der Waals surface area contributed by atoms with Crippen molar-refractivity contribution in [1.82, 2.24) is 9.78 Å². The fraction of sp³-hybridized carbons (Fsp3) is 0.444. The van der Waals surface area contributed by atoms with Crippen molar-refractivity contribution in [2.45, 2.75) is 32.6 Å². The molecule has 1 aromatic heterocycles. The first-order valence-corrected chi connectivity index (χ1v) is 9.10. The van der Waals surface area contributed by atoms with Crippen LogP contribution in [0.4, 0.5) is 5.69 Å². The van der Waals surface area contributed by atoms with Gasteiger partial charge in [-0.2, -0.15) is 9.78 Å². The molecule has 0 bridgehead atoms. The Labute approximate surface area is 156 Å². The number of halogens is 2. The highest BCUT2D eigenvalue weighted by molar-refractivity contribution is 6.33. The van der Waals surface area contributed by atoms with Crippen molar-refractivity contribution in [3.63, 3.8) is 0 Å². The molecule has 1 heterocycles. The summed E-state index contributed by atoms with van der Waals surface area (Å²) in [6, 6.07) is 5.31. The molecule has 0 amide bonds. The van der Waals surface area contributed by atoms with E-state index in [0.29, 0.717) is 22.9 Å². The fourth-order valence-electron chi connectivity index (χ4n) is 3.17. The average molecular weight is 382 g/mol. The van der Waals surface area contributed by atoms with Crippen LogP contribution in [0.1, 0.15) is 31.2 Å². The molecule has 2 aromatic rings. The summed E-state index contributed by atoms with van der Waals surface area (Å²) in [4.78, 5) is 12.6. The average Bonchev–Trinajstić information content (AvgIpc) is 2.56. The Morgan fingerprint density at radius 2 is 2.12 bits per heavy atom. The number of nitrogens with one attached hydrogen (secondary N) is 1. The van der Waals surface area contributed by atoms with E-state index < -0.39 is 5.56 Å². The number of aliphatic hydroxyl groups excluding tert-OH is 1. The number of rotatable bonds is 6. The van der Waals surface area contributed by atoms with Gasteiger partial charge in [0.1, 0.15) is 5.02 Å². The molecule has 2 N–H and O–H groups in total. The van der Waals surface area contributed by atoms with Gasteiger partial charge in [-0.25, -0.2) is 0 Å². The van der Waals surface area contributed by atoms with Crippen LogP contribution in [0.25, 0.3) is 5.69 Å². The van der Waals surface area contributed by atoms with Crippen LogP contribution in [-0.2, 0) is 0 Å². The van der Waals surface area contributed by atoms with Gasteiger partial charge in [-0.1, -0.05) is 35.7 Å². The molecule has 25 heavy (non-hydrogen) atoms. The molecule has 1 aromatic carbocycles. The predicted octanol–water partition coefficient (Wildman–Crippen LogP) is 3.81. The Morgan fingerprint density at radius 1 is 1.36 bits per heavy atom. The number of hydrogen-bond acceptors (Lipinski definition) is 4. The maximum Gasteiger partial charge on any atom is 0.292 e. The van der Waals surface area contributed by atoms with Gasteiger partial charge in [-0.15, -0.1) is 0 Å². The van der Waals surface area contributed by atoms with E-state index in [9.17, 15) is 9.90 Å². The van der Waals surface area contributed by atoms with E-state index in [0.717, 1.165) is 24.8 Å². The van der Waals surface area contributed by atoms with Crippen LogP contribution in [0.2, 0.25) is 10.0 Å². The summed E-state index contributed by atoms with van der Waals surface area (Å²) in [5, 5.41) is 17.4. The number of benzene rings is 1. The van der Waals surface area contributed by atoms with Gasteiger partial charge in [-0.3, -0.25) is 4.79 Å². The second kappa shape index (κ2) is 7.36. The lowest BCUT2D eigenvalue weighted by Gasteiger charge is -2.42. The zero-order chi connectivity index (χ0) is 18.0. The summed E-state index contributed by atoms with van der Waals surface area (Å²) in [5.41, 5.74) is 1.72. The highest BCUT2D eigenvalue weighted by atomic mass is 35.5. The molecule has 1 aliphatic carbocycles. The standard InChI is InChI=1S/C18H21Cl2N3O2/c1-12-3-4-13(9-14(12)19)23-17(25)16(20)15(10-22-23)21-11-18(7-8-24)5-2-6-18/h3-4,9-10,21,24H,2,5-8,11H2,1H3. The van der Waals surface area contributed by atoms with Crippen LogP contribution in [0.5, 0.6) is 0 Å². The molecule has 0 atom stereocenters. The lowest BCUT2D eigenvalue weighted by Crippen LogP contribution is -2.37. The van der Waals surface area contributed by atoms with E-state index in [1.54, 1.807) is 18.3 Å². The van der Waals surface area contributed by atoms with Crippen molar-refractivity contribution in [3.8, 4) is 5.69 Å². The van der Waals surface area contributed by atoms with Crippen LogP contribution in [0.15, 0.2) is 29.2 Å². The van der Waals surface area contributed by atoms with E-state index in [4.69, 9.17) is 23.2 Å². The Bertz CT molecular complexity index is 832. The number of hydrogen-bond donors (Lipinski definition) is 2. The Kier molecular flexibility index (Phi) is 5.37. The van der Waals surface area contributed by atoms with Gasteiger partial charge in [0.15, 0.2) is 0 Å². The minimum absolute atomic E-state index is 0.0947. The van der Waals surface area contributed by atoms with E-state index >= 15 is 0 Å². The molecule has 0 saturated heterocycles. The topological polar surface area (TPSA) is 67.2 Å². The van der Waals surface area contributed by atoms with Gasteiger partial charge in [0.05, 0.1) is 17.6 Å². The predicted molar refractivity (Wildman–Crippen MR) is 101 cm³/mol. The molecular formula is C18H21Cl2N3O2. The lowest BCUT2D eigenvalue weighted by atomic mass is 9.67. The summed E-state index contributed by atoms with van der Waals surface area (Å²) in [6.07, 6.45) is 5.63. The first-order valence-electron chi connectivity index (χ1n) is 8.35. The van der Waals surface area contributed by atoms with E-state index in [2.05, 4.69) is 10.4 Å². The van der Waals surface area contributed by atoms with Crippen LogP contribution in [0.3, 0.4) is 0 Å². The van der Waals surface area contributed by atoms with Crippen LogP contribution in [-0.4, -0.2) is 28.0 Å². The van der Waals surface area contributed by atoms with Gasteiger partial charge >= 0.3 is 0 Å². The highest BCUT2D eigenvalue weighted by Crippen LogP contribution is 2.43. The van der Waals surface area contributed by atoms with Crippen molar-refractivity contribution in [2.24, 2.45) is 5.41 Å². The van der Waals surface area contributed by atoms with E-state index in [1.807, 2.05) is 13.0 Å². The summed E-state index contributed by atoms with van der Waals surface area (Å²) < 4.78 is 1.24. The monoisotopic (exact) mass is 381 g/mol. The number of aryl methyl sites for hydroxylation is 1. The summed E-state index contributed by atoms with van der Waals surface area (Å²) in [5.74, 6) is 0. The molecular weight excluding hydrogens is 361 g/mol. The van der Waals surface area contributed by atoms with Crippen LogP contribution < -0.4 is 10.9 Å². The second-order valence-corrected chi connectivity index (χ2v) is 7.49. The number of aromatic nitrogens is 2. The molecule has 1 fully saturated rings. The smallest absolute Gasteiger partial charge is 0.292 e. The molecule has 134 valence electrons. The minimum Gasteiger partial charge on any atom is -0.396 e. The summed E-state index contributed by atoms with van der Waals surface area (Å²) >= 11 is 12.4. The molecule has 0 aliphatic heterocycles. The number of aliphatic hydroxyl groups is 1. The zero-order valence-corrected chi connectivity index (χ0v) is 15.6. The third kappa shape index (κ3) is 3.68. The summed E-state index contributed by atoms with van der Waals surface area (Å²) in [7, 11) is 0. The molecule has 0 unspecified atom stereocenters. The van der Waals surface area contributed by atoms with E-state index in [1.165, 1.54) is 11.1 Å². The van der Waals surface area contributed by atoms with Crippen molar-refractivity contribution < 1.29 is 5.11 Å². The number of nitrogens with zero attached hydrogens (tertiary/aromatic N) is 2. The molecule has 3 rings (SSSR count). The van der Waals surface area contributed by atoms with Gasteiger partial charge in [0, 0.05) is 18.2 Å². The molecule has 0 radical (unpaired) electrons. The van der Waals surface area contributed by atoms with Gasteiger partial charge in [-0.05, 0) is 49.3 Å². The van der Waals surface area contributed by atoms with Crippen molar-refractivity contribution in [1.29, 1.82) is 0 Å². The van der Waals surface area contributed by atoms with Crippen molar-refractivity contribution in [2.75, 3.05) is 18.5 Å². The van der Waals surface area contributed by atoms with Gasteiger partial charge in [0.25, 0.3) is 5.56 Å². The van der Waals surface area contributed by atoms with E-state index in [-0.39, 0.29) is 17.0 Å². The maximum atomic E-state index is 12.6. The van der Waals surface area contributed by atoms with Crippen LogP contribution in [0, 0.1) is 12.3 Å². The third-order valence-corrected chi connectivity index (χ3v) is 5.80. The van der Waals surface area contributed by atoms with Crippen LogP contribution >= 0.6 is 23.2 Å². The largest absolute Gasteiger partial charge is 0.396 e. The molecule has 5 nitrogen and oxygen atoms in total. The number of anilines is 1. The molecule has 7 heteroatoms. The first kappa shape index (κ1) is 18.2. The second-order valence-electron chi connectivity index (χ2n) is 6.70.